The summed E-state index contributed by atoms with van der Waals surface area (Å²) in [6, 6.07) is 21.2. The molecule has 0 amide bonds. The first-order valence-electron chi connectivity index (χ1n) is 11.8. The van der Waals surface area contributed by atoms with Crippen LogP contribution in [0.15, 0.2) is 89.9 Å². The number of nitriles is 1. The predicted octanol–water partition coefficient (Wildman–Crippen LogP) is 5.31. The molecular formula is C30H23N5O2. The number of carbonyl (C=O) groups is 1. The number of aromatic nitrogens is 4. The molecule has 5 aromatic rings. The fraction of sp³-hybridized carbons (Fsp3) is 0.133. The summed E-state index contributed by atoms with van der Waals surface area (Å²) in [6.07, 6.45) is 8.22. The van der Waals surface area contributed by atoms with Crippen LogP contribution in [0.25, 0.3) is 11.3 Å². The van der Waals surface area contributed by atoms with Crippen LogP contribution in [0.3, 0.4) is 0 Å². The second kappa shape index (κ2) is 10.8. The highest BCUT2D eigenvalue weighted by molar-refractivity contribution is 5.97. The summed E-state index contributed by atoms with van der Waals surface area (Å²) >= 11 is 0. The van der Waals surface area contributed by atoms with Crippen LogP contribution in [0.4, 0.5) is 0 Å². The van der Waals surface area contributed by atoms with Crippen molar-refractivity contribution in [1.82, 2.24) is 19.9 Å². The number of benzene rings is 2. The molecule has 37 heavy (non-hydrogen) atoms. The van der Waals surface area contributed by atoms with Gasteiger partial charge in [-0.2, -0.15) is 5.26 Å². The highest BCUT2D eigenvalue weighted by Crippen LogP contribution is 2.20. The Labute approximate surface area is 214 Å². The molecule has 5 rings (SSSR count). The monoisotopic (exact) mass is 485 g/mol. The third kappa shape index (κ3) is 5.82. The second-order valence-corrected chi connectivity index (χ2v) is 8.75. The van der Waals surface area contributed by atoms with Crippen molar-refractivity contribution in [1.29, 1.82) is 5.26 Å². The third-order valence-corrected chi connectivity index (χ3v) is 6.09. The van der Waals surface area contributed by atoms with Gasteiger partial charge in [-0.05, 0) is 47.4 Å². The number of hydrogen-bond acceptors (Lipinski definition) is 7. The summed E-state index contributed by atoms with van der Waals surface area (Å²) in [4.78, 5) is 30.2. The molecule has 180 valence electrons. The van der Waals surface area contributed by atoms with E-state index in [4.69, 9.17) is 14.7 Å². The maximum absolute atomic E-state index is 13.0. The molecule has 0 aliphatic heterocycles. The standard InChI is InChI=1S/C30H23N5O2/c1-20-4-5-22(13-25(20)16-29-33-12-10-27(35-29)24-3-2-11-32-18-24)15-28(36)23-8-6-21(7-9-23)14-26-19-34-30(17-31)37-26/h2-13,18-19H,14-16H2,1H3. The molecule has 0 fully saturated rings. The topological polar surface area (TPSA) is 106 Å². The molecule has 0 aliphatic rings. The van der Waals surface area contributed by atoms with Gasteiger partial charge in [0.2, 0.25) is 0 Å². The van der Waals surface area contributed by atoms with E-state index in [9.17, 15) is 4.79 Å². The first kappa shape index (κ1) is 23.8. The van der Waals surface area contributed by atoms with Crippen LogP contribution >= 0.6 is 0 Å². The first-order valence-corrected chi connectivity index (χ1v) is 11.8. The summed E-state index contributed by atoms with van der Waals surface area (Å²) in [5.41, 5.74) is 6.57. The average Bonchev–Trinajstić information content (AvgIpc) is 3.39. The lowest BCUT2D eigenvalue weighted by Crippen LogP contribution is -2.05. The van der Waals surface area contributed by atoms with Gasteiger partial charge in [0.25, 0.3) is 0 Å². The van der Waals surface area contributed by atoms with Crippen molar-refractivity contribution in [2.45, 2.75) is 26.2 Å². The largest absolute Gasteiger partial charge is 0.433 e. The number of oxazole rings is 1. The number of Topliss-reactive ketones (excluding diaryl/α,β-unsaturated/α-hetero) is 1. The average molecular weight is 486 g/mol. The number of aryl methyl sites for hydroxylation is 1. The zero-order valence-corrected chi connectivity index (χ0v) is 20.3. The van der Waals surface area contributed by atoms with E-state index in [2.05, 4.69) is 27.9 Å². The molecule has 0 spiro atoms. The molecule has 3 aromatic heterocycles. The first-order chi connectivity index (χ1) is 18.1. The molecule has 7 nitrogen and oxygen atoms in total. The van der Waals surface area contributed by atoms with Gasteiger partial charge in [-0.1, -0.05) is 42.5 Å². The van der Waals surface area contributed by atoms with Crippen LogP contribution in [0, 0.1) is 18.3 Å². The zero-order valence-electron chi connectivity index (χ0n) is 20.3. The lowest BCUT2D eigenvalue weighted by molar-refractivity contribution is 0.0993. The van der Waals surface area contributed by atoms with Gasteiger partial charge in [0.1, 0.15) is 11.6 Å². The molecule has 0 aliphatic carbocycles. The van der Waals surface area contributed by atoms with Gasteiger partial charge in [0, 0.05) is 49.0 Å². The molecule has 0 unspecified atom stereocenters. The maximum Gasteiger partial charge on any atom is 0.300 e. The summed E-state index contributed by atoms with van der Waals surface area (Å²) in [5, 5.41) is 8.84. The van der Waals surface area contributed by atoms with Crippen molar-refractivity contribution >= 4 is 5.78 Å². The van der Waals surface area contributed by atoms with Crippen LogP contribution in [0.1, 0.15) is 50.1 Å². The molecule has 3 heterocycles. The Balaban J connectivity index is 1.27. The quantitative estimate of drug-likeness (QED) is 0.274. The highest BCUT2D eigenvalue weighted by atomic mass is 16.4. The van der Waals surface area contributed by atoms with Crippen molar-refractivity contribution in [3.63, 3.8) is 0 Å². The summed E-state index contributed by atoms with van der Waals surface area (Å²) in [6.45, 7) is 2.05. The number of rotatable bonds is 8. The molecule has 0 radical (unpaired) electrons. The molecule has 7 heteroatoms. The number of carbonyl (C=O) groups excluding carboxylic acids is 1. The van der Waals surface area contributed by atoms with Gasteiger partial charge in [-0.25, -0.2) is 15.0 Å². The molecule has 0 atom stereocenters. The maximum atomic E-state index is 13.0. The van der Waals surface area contributed by atoms with Crippen molar-refractivity contribution in [3.8, 4) is 17.3 Å². The highest BCUT2D eigenvalue weighted by Gasteiger charge is 2.12. The van der Waals surface area contributed by atoms with Crippen LogP contribution < -0.4 is 0 Å². The van der Waals surface area contributed by atoms with E-state index in [-0.39, 0.29) is 11.7 Å². The number of pyridine rings is 1. The fourth-order valence-electron chi connectivity index (χ4n) is 4.09. The summed E-state index contributed by atoms with van der Waals surface area (Å²) < 4.78 is 5.33. The van der Waals surface area contributed by atoms with E-state index in [0.29, 0.717) is 30.6 Å². The Morgan fingerprint density at radius 1 is 0.946 bits per heavy atom. The minimum atomic E-state index is 0.0441. The summed E-state index contributed by atoms with van der Waals surface area (Å²) in [7, 11) is 0. The summed E-state index contributed by atoms with van der Waals surface area (Å²) in [5.74, 6) is 1.42. The molecular weight excluding hydrogens is 462 g/mol. The SMILES string of the molecule is Cc1ccc(CC(=O)c2ccc(Cc3cnc(C#N)o3)cc2)cc1Cc1nccc(-c2cccnc2)n1. The smallest absolute Gasteiger partial charge is 0.300 e. The number of ketones is 1. The Morgan fingerprint density at radius 2 is 1.78 bits per heavy atom. The van der Waals surface area contributed by atoms with Crippen molar-refractivity contribution in [3.05, 3.63) is 131 Å². The van der Waals surface area contributed by atoms with E-state index < -0.39 is 0 Å². The Kier molecular flexibility index (Phi) is 6.91. The van der Waals surface area contributed by atoms with E-state index in [1.165, 1.54) is 0 Å². The normalized spacial score (nSPS) is 10.7. The van der Waals surface area contributed by atoms with Gasteiger partial charge >= 0.3 is 5.89 Å². The van der Waals surface area contributed by atoms with E-state index in [0.717, 1.165) is 39.3 Å². The Morgan fingerprint density at radius 3 is 2.54 bits per heavy atom. The molecule has 0 bridgehead atoms. The molecule has 0 saturated heterocycles. The van der Waals surface area contributed by atoms with E-state index in [1.807, 2.05) is 60.7 Å². The predicted molar refractivity (Wildman–Crippen MR) is 138 cm³/mol. The number of hydrogen-bond donors (Lipinski definition) is 0. The van der Waals surface area contributed by atoms with E-state index in [1.54, 1.807) is 24.8 Å². The fourth-order valence-corrected chi connectivity index (χ4v) is 4.09. The van der Waals surface area contributed by atoms with Gasteiger partial charge in [0.05, 0.1) is 11.9 Å². The lowest BCUT2D eigenvalue weighted by Gasteiger charge is -2.10. The minimum absolute atomic E-state index is 0.0441. The molecule has 0 saturated carbocycles. The van der Waals surface area contributed by atoms with E-state index >= 15 is 0 Å². The van der Waals surface area contributed by atoms with Crippen LogP contribution in [-0.2, 0) is 19.3 Å². The Bertz CT molecular complexity index is 1580. The van der Waals surface area contributed by atoms with Gasteiger partial charge in [0.15, 0.2) is 11.9 Å². The van der Waals surface area contributed by atoms with Crippen LogP contribution in [0.2, 0.25) is 0 Å². The third-order valence-electron chi connectivity index (χ3n) is 6.09. The van der Waals surface area contributed by atoms with Crippen LogP contribution in [0.5, 0.6) is 0 Å². The minimum Gasteiger partial charge on any atom is -0.433 e. The molecule has 2 aromatic carbocycles. The van der Waals surface area contributed by atoms with Crippen molar-refractivity contribution in [2.24, 2.45) is 0 Å². The second-order valence-electron chi connectivity index (χ2n) is 8.75. The molecule has 0 N–H and O–H groups in total. The van der Waals surface area contributed by atoms with Gasteiger partial charge in [-0.3, -0.25) is 9.78 Å². The Hall–Kier alpha value is -4.96. The van der Waals surface area contributed by atoms with Crippen LogP contribution in [-0.4, -0.2) is 25.7 Å². The lowest BCUT2D eigenvalue weighted by atomic mass is 9.96. The van der Waals surface area contributed by atoms with Crippen molar-refractivity contribution in [2.75, 3.05) is 0 Å². The van der Waals surface area contributed by atoms with Crippen molar-refractivity contribution < 1.29 is 9.21 Å². The zero-order chi connectivity index (χ0) is 25.6. The van der Waals surface area contributed by atoms with Gasteiger partial charge < -0.3 is 4.42 Å². The van der Waals surface area contributed by atoms with Gasteiger partial charge in [-0.15, -0.1) is 0 Å². The number of nitrogens with zero attached hydrogens (tertiary/aromatic N) is 5.